The standard InChI is InChI=1S/C12H17F2NO3/c1-18-11(17)3-2-6-15-10(16)5-4-9-7-12(13,14)8-9/h2-3,9H,4-8H2,1H3,(H,15,16)/b3-2+. The molecule has 0 aromatic rings. The number of carbonyl (C=O) groups excluding carboxylic acids is 2. The summed E-state index contributed by atoms with van der Waals surface area (Å²) >= 11 is 0. The van der Waals surface area contributed by atoms with Crippen molar-refractivity contribution >= 4 is 11.9 Å². The third-order valence-corrected chi connectivity index (χ3v) is 2.83. The minimum atomic E-state index is -2.52. The van der Waals surface area contributed by atoms with Crippen LogP contribution in [0.15, 0.2) is 12.2 Å². The van der Waals surface area contributed by atoms with Gasteiger partial charge in [0, 0.05) is 31.9 Å². The van der Waals surface area contributed by atoms with Gasteiger partial charge in [-0.1, -0.05) is 6.08 Å². The van der Waals surface area contributed by atoms with Crippen LogP contribution in [-0.2, 0) is 14.3 Å². The Bertz CT molecular complexity index is 334. The monoisotopic (exact) mass is 261 g/mol. The fraction of sp³-hybridized carbons (Fsp3) is 0.667. The van der Waals surface area contributed by atoms with Crippen LogP contribution in [0.2, 0.25) is 0 Å². The number of halogens is 2. The van der Waals surface area contributed by atoms with Crippen molar-refractivity contribution in [3.05, 3.63) is 12.2 Å². The first kappa shape index (κ1) is 14.6. The predicted molar refractivity (Wildman–Crippen MR) is 61.1 cm³/mol. The molecule has 1 amide bonds. The molecule has 0 atom stereocenters. The molecule has 0 aromatic carbocycles. The summed E-state index contributed by atoms with van der Waals surface area (Å²) in [5.74, 6) is -3.25. The maximum absolute atomic E-state index is 12.5. The van der Waals surface area contributed by atoms with Crippen molar-refractivity contribution in [3.8, 4) is 0 Å². The molecule has 1 aliphatic carbocycles. The zero-order valence-electron chi connectivity index (χ0n) is 10.2. The van der Waals surface area contributed by atoms with Crippen LogP contribution in [0.4, 0.5) is 8.78 Å². The van der Waals surface area contributed by atoms with Gasteiger partial charge in [-0.3, -0.25) is 4.79 Å². The maximum Gasteiger partial charge on any atom is 0.330 e. The minimum absolute atomic E-state index is 0.0450. The number of methoxy groups -OCH3 is 1. The van der Waals surface area contributed by atoms with E-state index in [1.165, 1.54) is 19.3 Å². The van der Waals surface area contributed by atoms with Gasteiger partial charge in [-0.25, -0.2) is 13.6 Å². The molecule has 6 heteroatoms. The average Bonchev–Trinajstić information content (AvgIpc) is 2.28. The Morgan fingerprint density at radius 3 is 2.67 bits per heavy atom. The first-order chi connectivity index (χ1) is 8.43. The van der Waals surface area contributed by atoms with Crippen molar-refractivity contribution in [2.24, 2.45) is 5.92 Å². The van der Waals surface area contributed by atoms with Gasteiger partial charge in [-0.15, -0.1) is 0 Å². The Labute approximate surface area is 104 Å². The van der Waals surface area contributed by atoms with Gasteiger partial charge in [-0.05, 0) is 12.3 Å². The second kappa shape index (κ2) is 6.47. The van der Waals surface area contributed by atoms with Crippen molar-refractivity contribution < 1.29 is 23.1 Å². The highest BCUT2D eigenvalue weighted by atomic mass is 19.3. The molecule has 0 radical (unpaired) electrons. The van der Waals surface area contributed by atoms with E-state index in [1.54, 1.807) is 0 Å². The third-order valence-electron chi connectivity index (χ3n) is 2.83. The number of hydrogen-bond acceptors (Lipinski definition) is 3. The molecule has 1 N–H and O–H groups in total. The maximum atomic E-state index is 12.5. The van der Waals surface area contributed by atoms with Crippen LogP contribution in [-0.4, -0.2) is 31.5 Å². The molecule has 102 valence electrons. The Kier molecular flexibility index (Phi) is 5.25. The summed E-state index contributed by atoms with van der Waals surface area (Å²) in [4.78, 5) is 22.0. The van der Waals surface area contributed by atoms with Crippen molar-refractivity contribution in [2.45, 2.75) is 31.6 Å². The predicted octanol–water partition coefficient (Wildman–Crippen LogP) is 1.66. The molecule has 0 bridgehead atoms. The largest absolute Gasteiger partial charge is 0.466 e. The normalized spacial score (nSPS) is 18.4. The second-order valence-corrected chi connectivity index (χ2v) is 4.40. The molecule has 0 spiro atoms. The lowest BCUT2D eigenvalue weighted by molar-refractivity contribution is -0.134. The SMILES string of the molecule is COC(=O)/C=C/CNC(=O)CCC1CC(F)(F)C1. The zero-order valence-corrected chi connectivity index (χ0v) is 10.2. The lowest BCUT2D eigenvalue weighted by atomic mass is 9.78. The summed E-state index contributed by atoms with van der Waals surface area (Å²) in [7, 11) is 1.26. The molecular weight excluding hydrogens is 244 g/mol. The van der Waals surface area contributed by atoms with Gasteiger partial charge in [-0.2, -0.15) is 0 Å². The second-order valence-electron chi connectivity index (χ2n) is 4.40. The van der Waals surface area contributed by atoms with Gasteiger partial charge in [0.15, 0.2) is 0 Å². The first-order valence-electron chi connectivity index (χ1n) is 5.82. The van der Waals surface area contributed by atoms with E-state index >= 15 is 0 Å². The van der Waals surface area contributed by atoms with E-state index in [1.807, 2.05) is 0 Å². The number of rotatable bonds is 6. The van der Waals surface area contributed by atoms with Crippen LogP contribution in [0.3, 0.4) is 0 Å². The smallest absolute Gasteiger partial charge is 0.330 e. The topological polar surface area (TPSA) is 55.4 Å². The van der Waals surface area contributed by atoms with Gasteiger partial charge in [0.25, 0.3) is 0 Å². The van der Waals surface area contributed by atoms with Crippen LogP contribution in [0, 0.1) is 5.92 Å². The van der Waals surface area contributed by atoms with E-state index in [-0.39, 0.29) is 37.6 Å². The van der Waals surface area contributed by atoms with E-state index in [4.69, 9.17) is 0 Å². The molecule has 0 aliphatic heterocycles. The van der Waals surface area contributed by atoms with Crippen molar-refractivity contribution in [2.75, 3.05) is 13.7 Å². The molecule has 4 nitrogen and oxygen atoms in total. The highest BCUT2D eigenvalue weighted by molar-refractivity contribution is 5.82. The van der Waals surface area contributed by atoms with Crippen LogP contribution in [0.5, 0.6) is 0 Å². The number of carbonyl (C=O) groups is 2. The Morgan fingerprint density at radius 1 is 1.44 bits per heavy atom. The van der Waals surface area contributed by atoms with Crippen LogP contribution < -0.4 is 5.32 Å². The summed E-state index contributed by atoms with van der Waals surface area (Å²) in [6.45, 7) is 0.231. The molecule has 0 saturated heterocycles. The number of esters is 1. The number of nitrogens with one attached hydrogen (secondary N) is 1. The summed E-state index contributed by atoms with van der Waals surface area (Å²) in [6, 6.07) is 0. The van der Waals surface area contributed by atoms with Gasteiger partial charge in [0.05, 0.1) is 7.11 Å². The summed E-state index contributed by atoms with van der Waals surface area (Å²) in [5.41, 5.74) is 0. The van der Waals surface area contributed by atoms with Crippen LogP contribution in [0.25, 0.3) is 0 Å². The van der Waals surface area contributed by atoms with Gasteiger partial charge in [0.1, 0.15) is 0 Å². The van der Waals surface area contributed by atoms with Crippen LogP contribution >= 0.6 is 0 Å². The highest BCUT2D eigenvalue weighted by Gasteiger charge is 2.44. The third kappa shape index (κ3) is 5.25. The first-order valence-corrected chi connectivity index (χ1v) is 5.82. The Hall–Kier alpha value is -1.46. The minimum Gasteiger partial charge on any atom is -0.466 e. The molecule has 0 unspecified atom stereocenters. The quantitative estimate of drug-likeness (QED) is 0.584. The summed E-state index contributed by atoms with van der Waals surface area (Å²) in [5, 5.41) is 2.57. The summed E-state index contributed by atoms with van der Waals surface area (Å²) < 4.78 is 29.4. The van der Waals surface area contributed by atoms with E-state index < -0.39 is 11.9 Å². The van der Waals surface area contributed by atoms with Crippen molar-refractivity contribution in [1.82, 2.24) is 5.32 Å². The average molecular weight is 261 g/mol. The van der Waals surface area contributed by atoms with E-state index in [0.717, 1.165) is 0 Å². The lowest BCUT2D eigenvalue weighted by Gasteiger charge is -2.34. The van der Waals surface area contributed by atoms with Crippen LogP contribution in [0.1, 0.15) is 25.7 Å². The lowest BCUT2D eigenvalue weighted by Crippen LogP contribution is -2.36. The molecule has 1 fully saturated rings. The molecule has 1 aliphatic rings. The molecule has 1 rings (SSSR count). The molecule has 1 saturated carbocycles. The van der Waals surface area contributed by atoms with Crippen molar-refractivity contribution in [3.63, 3.8) is 0 Å². The molecule has 0 aromatic heterocycles. The van der Waals surface area contributed by atoms with E-state index in [0.29, 0.717) is 6.42 Å². The van der Waals surface area contributed by atoms with Crippen molar-refractivity contribution in [1.29, 1.82) is 0 Å². The molecule has 18 heavy (non-hydrogen) atoms. The number of ether oxygens (including phenoxy) is 1. The molecular formula is C12H17F2NO3. The molecule has 0 heterocycles. The fourth-order valence-corrected chi connectivity index (χ4v) is 1.81. The van der Waals surface area contributed by atoms with E-state index in [2.05, 4.69) is 10.1 Å². The number of amides is 1. The zero-order chi connectivity index (χ0) is 13.6. The Morgan fingerprint density at radius 2 is 2.11 bits per heavy atom. The van der Waals surface area contributed by atoms with Gasteiger partial charge >= 0.3 is 5.97 Å². The number of alkyl halides is 2. The van der Waals surface area contributed by atoms with Gasteiger partial charge < -0.3 is 10.1 Å². The summed E-state index contributed by atoms with van der Waals surface area (Å²) in [6.07, 6.45) is 3.20. The van der Waals surface area contributed by atoms with E-state index in [9.17, 15) is 18.4 Å². The highest BCUT2D eigenvalue weighted by Crippen LogP contribution is 2.44. The fourth-order valence-electron chi connectivity index (χ4n) is 1.81. The number of hydrogen-bond donors (Lipinski definition) is 1. The Balaban J connectivity index is 2.05. The van der Waals surface area contributed by atoms with Gasteiger partial charge in [0.2, 0.25) is 11.8 Å².